The number of nitrogens with two attached hydrogens (primary N) is 1. The summed E-state index contributed by atoms with van der Waals surface area (Å²) < 4.78 is 0. The number of carbonyl (C=O) groups excluding carboxylic acids is 1. The number of benzene rings is 1. The Kier molecular flexibility index (Phi) is 2.68. The fourth-order valence-electron chi connectivity index (χ4n) is 7.71. The summed E-state index contributed by atoms with van der Waals surface area (Å²) in [5.74, 6) is 2.83. The highest BCUT2D eigenvalue weighted by Crippen LogP contribution is 2.59. The van der Waals surface area contributed by atoms with Crippen molar-refractivity contribution in [3.63, 3.8) is 0 Å². The number of carbonyl (C=O) groups is 1. The molecule has 5 aliphatic carbocycles. The van der Waals surface area contributed by atoms with Crippen LogP contribution in [0.25, 0.3) is 0 Å². The molecule has 6 aliphatic rings. The van der Waals surface area contributed by atoms with Crippen LogP contribution in [0.5, 0.6) is 0 Å². The van der Waals surface area contributed by atoms with Gasteiger partial charge >= 0.3 is 6.03 Å². The zero-order chi connectivity index (χ0) is 16.8. The van der Waals surface area contributed by atoms with E-state index in [1.165, 1.54) is 43.2 Å². The molecule has 3 atom stereocenters. The molecule has 2 unspecified atom stereocenters. The smallest absolute Gasteiger partial charge is 0.315 e. The third-order valence-electron chi connectivity index (χ3n) is 8.15. The summed E-state index contributed by atoms with van der Waals surface area (Å²) in [6.07, 6.45) is 8.17. The summed E-state index contributed by atoms with van der Waals surface area (Å²) in [6.45, 7) is 0. The molecule has 4 saturated carbocycles. The van der Waals surface area contributed by atoms with Gasteiger partial charge in [-0.1, -0.05) is 24.3 Å². The highest BCUT2D eigenvalue weighted by molar-refractivity contribution is 5.79. The Morgan fingerprint density at radius 1 is 1.00 bits per heavy atom. The van der Waals surface area contributed by atoms with E-state index in [4.69, 9.17) is 5.73 Å². The minimum atomic E-state index is -0.122. The fourth-order valence-corrected chi connectivity index (χ4v) is 7.71. The predicted molar refractivity (Wildman–Crippen MR) is 96.0 cm³/mol. The van der Waals surface area contributed by atoms with Crippen LogP contribution in [0.2, 0.25) is 0 Å². The van der Waals surface area contributed by atoms with E-state index in [-0.39, 0.29) is 23.2 Å². The minimum Gasteiger partial charge on any atom is -0.333 e. The maximum Gasteiger partial charge on any atom is 0.315 e. The van der Waals surface area contributed by atoms with Crippen LogP contribution in [0.4, 0.5) is 4.79 Å². The second-order valence-corrected chi connectivity index (χ2v) is 9.76. The molecule has 1 aromatic rings. The summed E-state index contributed by atoms with van der Waals surface area (Å²) in [7, 11) is 0. The lowest BCUT2D eigenvalue weighted by Crippen LogP contribution is -2.65. The Morgan fingerprint density at radius 2 is 1.64 bits per heavy atom. The molecule has 0 radical (unpaired) electrons. The highest BCUT2D eigenvalue weighted by atomic mass is 16.2. The van der Waals surface area contributed by atoms with Crippen LogP contribution >= 0.6 is 0 Å². The van der Waals surface area contributed by atoms with Gasteiger partial charge in [-0.3, -0.25) is 0 Å². The number of urea groups is 1. The van der Waals surface area contributed by atoms with Gasteiger partial charge in [0, 0.05) is 5.54 Å². The molecule has 0 aromatic heterocycles. The van der Waals surface area contributed by atoms with E-state index in [2.05, 4.69) is 34.9 Å². The van der Waals surface area contributed by atoms with Crippen molar-refractivity contribution in [3.8, 4) is 0 Å². The zero-order valence-corrected chi connectivity index (χ0v) is 14.6. The molecule has 7 rings (SSSR count). The molecule has 5 fully saturated rings. The average Bonchev–Trinajstić information content (AvgIpc) is 3.04. The van der Waals surface area contributed by atoms with Gasteiger partial charge in [-0.05, 0) is 79.7 Å². The summed E-state index contributed by atoms with van der Waals surface area (Å²) in [6, 6.07) is 9.01. The molecule has 2 amide bonds. The van der Waals surface area contributed by atoms with Gasteiger partial charge in [0.1, 0.15) is 0 Å². The Hall–Kier alpha value is -1.55. The molecule has 4 heteroatoms. The first-order valence-electron chi connectivity index (χ1n) is 9.98. The normalized spacial score (nSPS) is 45.5. The lowest BCUT2D eigenvalue weighted by molar-refractivity contribution is -0.0706. The predicted octanol–water partition coefficient (Wildman–Crippen LogP) is 2.36. The van der Waals surface area contributed by atoms with Gasteiger partial charge in [-0.25, -0.2) is 4.79 Å². The van der Waals surface area contributed by atoms with E-state index in [1.807, 2.05) is 0 Å². The summed E-state index contributed by atoms with van der Waals surface area (Å²) in [4.78, 5) is 12.4. The molecular formula is C21H27N3O. The molecule has 1 spiro atoms. The van der Waals surface area contributed by atoms with Crippen LogP contribution in [0, 0.1) is 23.7 Å². The number of nitrogens with one attached hydrogen (secondary N) is 2. The Balaban J connectivity index is 1.37. The largest absolute Gasteiger partial charge is 0.333 e. The topological polar surface area (TPSA) is 67.1 Å². The number of rotatable bonds is 1. The standard InChI is InChI=1S/C21H27N3O/c22-20-7-12-5-15(8-20)17(16(6-12)9-20)18-21(24-19(25)23-18)10-13-3-1-2-4-14(13)11-21/h1-4,12,15-18H,5-11,22H2,(H2,23,24,25)/t12?,15?,16?,17?,18-,20?/m1/s1. The van der Waals surface area contributed by atoms with Crippen molar-refractivity contribution in [3.05, 3.63) is 35.4 Å². The van der Waals surface area contributed by atoms with Crippen molar-refractivity contribution >= 4 is 6.03 Å². The molecule has 1 saturated heterocycles. The molecule has 4 bridgehead atoms. The molecule has 1 heterocycles. The molecular weight excluding hydrogens is 310 g/mol. The van der Waals surface area contributed by atoms with Crippen LogP contribution in [-0.4, -0.2) is 23.2 Å². The van der Waals surface area contributed by atoms with Gasteiger partial charge in [0.05, 0.1) is 11.6 Å². The van der Waals surface area contributed by atoms with Crippen LogP contribution < -0.4 is 16.4 Å². The van der Waals surface area contributed by atoms with Crippen molar-refractivity contribution in [2.24, 2.45) is 29.4 Å². The third-order valence-corrected chi connectivity index (χ3v) is 8.15. The van der Waals surface area contributed by atoms with E-state index in [0.29, 0.717) is 17.8 Å². The Bertz CT molecular complexity index is 718. The van der Waals surface area contributed by atoms with E-state index in [9.17, 15) is 4.79 Å². The average molecular weight is 337 g/mol. The number of hydrogen-bond acceptors (Lipinski definition) is 2. The Labute approximate surface area is 148 Å². The van der Waals surface area contributed by atoms with Crippen molar-refractivity contribution in [1.29, 1.82) is 0 Å². The van der Waals surface area contributed by atoms with Crippen molar-refractivity contribution in [2.45, 2.75) is 62.1 Å². The van der Waals surface area contributed by atoms with E-state index >= 15 is 0 Å². The van der Waals surface area contributed by atoms with Gasteiger partial charge in [-0.2, -0.15) is 0 Å². The molecule has 4 nitrogen and oxygen atoms in total. The van der Waals surface area contributed by atoms with Gasteiger partial charge in [0.25, 0.3) is 0 Å². The fraction of sp³-hybridized carbons (Fsp3) is 0.667. The highest BCUT2D eigenvalue weighted by Gasteiger charge is 2.61. The summed E-state index contributed by atoms with van der Waals surface area (Å²) >= 11 is 0. The van der Waals surface area contributed by atoms with Gasteiger partial charge < -0.3 is 16.4 Å². The molecule has 4 N–H and O–H groups in total. The van der Waals surface area contributed by atoms with Crippen LogP contribution in [-0.2, 0) is 12.8 Å². The van der Waals surface area contributed by atoms with Gasteiger partial charge in [0.2, 0.25) is 0 Å². The monoisotopic (exact) mass is 337 g/mol. The second kappa shape index (κ2) is 4.59. The van der Waals surface area contributed by atoms with E-state index < -0.39 is 0 Å². The molecule has 25 heavy (non-hydrogen) atoms. The number of hydrogen-bond donors (Lipinski definition) is 3. The van der Waals surface area contributed by atoms with Crippen molar-refractivity contribution in [2.75, 3.05) is 0 Å². The SMILES string of the molecule is NC12CC3CC(C1)C([C@H]1NC(=O)NC14Cc1ccccc1C4)C(C3)C2. The van der Waals surface area contributed by atoms with Crippen LogP contribution in [0.15, 0.2) is 24.3 Å². The first kappa shape index (κ1) is 14.6. The molecule has 1 aliphatic heterocycles. The van der Waals surface area contributed by atoms with Crippen LogP contribution in [0.3, 0.4) is 0 Å². The quantitative estimate of drug-likeness (QED) is 0.736. The van der Waals surface area contributed by atoms with E-state index in [0.717, 1.165) is 18.8 Å². The van der Waals surface area contributed by atoms with Crippen LogP contribution in [0.1, 0.15) is 43.2 Å². The maximum atomic E-state index is 12.4. The number of amides is 2. The summed E-state index contributed by atoms with van der Waals surface area (Å²) in [5.41, 5.74) is 9.51. The molecule has 1 aromatic carbocycles. The van der Waals surface area contributed by atoms with Crippen molar-refractivity contribution < 1.29 is 4.79 Å². The zero-order valence-electron chi connectivity index (χ0n) is 14.6. The van der Waals surface area contributed by atoms with Crippen molar-refractivity contribution in [1.82, 2.24) is 10.6 Å². The first-order valence-corrected chi connectivity index (χ1v) is 9.98. The first-order chi connectivity index (χ1) is 12.0. The lowest BCUT2D eigenvalue weighted by atomic mass is 9.47. The Morgan fingerprint density at radius 3 is 2.24 bits per heavy atom. The number of fused-ring (bicyclic) bond motifs is 1. The van der Waals surface area contributed by atoms with Gasteiger partial charge in [0.15, 0.2) is 0 Å². The maximum absolute atomic E-state index is 12.4. The molecule has 132 valence electrons. The second-order valence-electron chi connectivity index (χ2n) is 9.76. The third kappa shape index (κ3) is 1.95. The summed E-state index contributed by atoms with van der Waals surface area (Å²) in [5, 5.41) is 6.73. The van der Waals surface area contributed by atoms with Gasteiger partial charge in [-0.15, -0.1) is 0 Å². The minimum absolute atomic E-state index is 0.0362. The van der Waals surface area contributed by atoms with E-state index in [1.54, 1.807) is 0 Å². The lowest BCUT2D eigenvalue weighted by Gasteiger charge is -2.61.